The van der Waals surface area contributed by atoms with E-state index < -0.39 is 11.9 Å². The molecule has 0 N–H and O–H groups in total. The number of benzene rings is 2. The van der Waals surface area contributed by atoms with Crippen LogP contribution in [0.4, 0.5) is 0 Å². The van der Waals surface area contributed by atoms with Crippen LogP contribution in [-0.2, 0) is 36.1 Å². The zero-order valence-corrected chi connectivity index (χ0v) is 19.2. The highest BCUT2D eigenvalue weighted by molar-refractivity contribution is 7.92. The standard InChI is InChI=1S/C25H33O4S/c1-5-28-25(27)24(19(4)18-29-30(6-2)7-3)23(26)17-20-13-15-22(16-14-20)21-11-9-8-10-12-21/h8-16,19,24H,5-7,17-18H2,1-4H3/q+1/t19-,24?/m0/s1. The van der Waals surface area contributed by atoms with E-state index in [9.17, 15) is 9.59 Å². The summed E-state index contributed by atoms with van der Waals surface area (Å²) in [5.41, 5.74) is 3.12. The van der Waals surface area contributed by atoms with Gasteiger partial charge in [-0.3, -0.25) is 9.59 Å². The predicted molar refractivity (Wildman–Crippen MR) is 124 cm³/mol. The summed E-state index contributed by atoms with van der Waals surface area (Å²) in [5, 5.41) is 0. The van der Waals surface area contributed by atoms with Gasteiger partial charge >= 0.3 is 5.97 Å². The fourth-order valence-electron chi connectivity index (χ4n) is 3.34. The molecule has 0 radical (unpaired) electrons. The van der Waals surface area contributed by atoms with E-state index in [0.717, 1.165) is 28.2 Å². The lowest BCUT2D eigenvalue weighted by molar-refractivity contribution is -0.154. The molecular weight excluding hydrogens is 396 g/mol. The van der Waals surface area contributed by atoms with Gasteiger partial charge < -0.3 is 4.74 Å². The summed E-state index contributed by atoms with van der Waals surface area (Å²) in [6, 6.07) is 18.0. The summed E-state index contributed by atoms with van der Waals surface area (Å²) in [5.74, 6) is 0.271. The minimum Gasteiger partial charge on any atom is -0.465 e. The van der Waals surface area contributed by atoms with Crippen LogP contribution in [0.2, 0.25) is 0 Å². The van der Waals surface area contributed by atoms with E-state index in [1.165, 1.54) is 0 Å². The summed E-state index contributed by atoms with van der Waals surface area (Å²) in [7, 11) is 0. The average molecular weight is 430 g/mol. The topological polar surface area (TPSA) is 52.6 Å². The Labute approximate surface area is 183 Å². The molecular formula is C25H33O4S+. The van der Waals surface area contributed by atoms with Gasteiger partial charge in [0, 0.05) is 12.3 Å². The van der Waals surface area contributed by atoms with Crippen LogP contribution in [0, 0.1) is 11.8 Å². The molecule has 1 unspecified atom stereocenters. The van der Waals surface area contributed by atoms with Gasteiger partial charge in [0.2, 0.25) is 0 Å². The molecule has 162 valence electrons. The monoisotopic (exact) mass is 429 g/mol. The minimum atomic E-state index is -0.807. The average Bonchev–Trinajstić information content (AvgIpc) is 2.76. The van der Waals surface area contributed by atoms with Gasteiger partial charge in [-0.2, -0.15) is 4.18 Å². The van der Waals surface area contributed by atoms with Crippen molar-refractivity contribution < 1.29 is 18.5 Å². The number of esters is 1. The Balaban J connectivity index is 2.08. The van der Waals surface area contributed by atoms with Gasteiger partial charge in [-0.1, -0.05) is 61.5 Å². The molecule has 0 spiro atoms. The van der Waals surface area contributed by atoms with E-state index in [1.807, 2.05) is 49.4 Å². The SMILES string of the molecule is CCOC(=O)C(C(=O)Cc1ccc(-c2ccccc2)cc1)[C@@H](C)CO[S+](CC)CC. The van der Waals surface area contributed by atoms with Crippen molar-refractivity contribution in [1.29, 1.82) is 0 Å². The molecule has 2 aromatic carbocycles. The van der Waals surface area contributed by atoms with Crippen molar-refractivity contribution in [2.24, 2.45) is 11.8 Å². The number of hydrogen-bond acceptors (Lipinski definition) is 4. The minimum absolute atomic E-state index is 0.120. The molecule has 0 aliphatic heterocycles. The van der Waals surface area contributed by atoms with Crippen LogP contribution in [0.5, 0.6) is 0 Å². The first-order valence-corrected chi connectivity index (χ1v) is 12.1. The molecule has 0 aliphatic rings. The van der Waals surface area contributed by atoms with E-state index in [2.05, 4.69) is 26.0 Å². The third kappa shape index (κ3) is 6.99. The van der Waals surface area contributed by atoms with E-state index >= 15 is 0 Å². The number of carbonyl (C=O) groups excluding carboxylic acids is 2. The molecule has 0 fully saturated rings. The van der Waals surface area contributed by atoms with Gasteiger partial charge in [0.05, 0.1) is 6.61 Å². The highest BCUT2D eigenvalue weighted by Crippen LogP contribution is 2.22. The molecule has 4 nitrogen and oxygen atoms in total. The van der Waals surface area contributed by atoms with Crippen LogP contribution in [0.3, 0.4) is 0 Å². The van der Waals surface area contributed by atoms with Crippen molar-refractivity contribution in [1.82, 2.24) is 0 Å². The Bertz CT molecular complexity index is 785. The second-order valence-corrected chi connectivity index (χ2v) is 9.48. The third-order valence-electron chi connectivity index (χ3n) is 5.04. The number of ketones is 1. The highest BCUT2D eigenvalue weighted by Gasteiger charge is 2.35. The van der Waals surface area contributed by atoms with Gasteiger partial charge in [0.1, 0.15) is 35.2 Å². The van der Waals surface area contributed by atoms with Gasteiger partial charge in [0.25, 0.3) is 0 Å². The Hall–Kier alpha value is -2.11. The second kappa shape index (κ2) is 12.6. The molecule has 30 heavy (non-hydrogen) atoms. The molecule has 0 saturated heterocycles. The van der Waals surface area contributed by atoms with Gasteiger partial charge in [-0.25, -0.2) is 0 Å². The summed E-state index contributed by atoms with van der Waals surface area (Å²) < 4.78 is 11.2. The summed E-state index contributed by atoms with van der Waals surface area (Å²) in [6.45, 7) is 8.47. The highest BCUT2D eigenvalue weighted by atomic mass is 32.2. The lowest BCUT2D eigenvalue weighted by atomic mass is 9.87. The van der Waals surface area contributed by atoms with Crippen molar-refractivity contribution >= 4 is 22.9 Å². The van der Waals surface area contributed by atoms with Gasteiger partial charge in [-0.15, -0.1) is 0 Å². The Morgan fingerprint density at radius 3 is 2.07 bits per heavy atom. The number of Topliss-reactive ketones (excluding diaryl/α,β-unsaturated/α-hetero) is 1. The van der Waals surface area contributed by atoms with Gasteiger partial charge in [0.15, 0.2) is 5.78 Å². The Morgan fingerprint density at radius 1 is 0.900 bits per heavy atom. The summed E-state index contributed by atoms with van der Waals surface area (Å²) in [6.07, 6.45) is 0.205. The largest absolute Gasteiger partial charge is 0.465 e. The van der Waals surface area contributed by atoms with E-state index in [-0.39, 0.29) is 35.9 Å². The number of ether oxygens (including phenoxy) is 1. The molecule has 2 aromatic rings. The van der Waals surface area contributed by atoms with Crippen molar-refractivity contribution in [3.63, 3.8) is 0 Å². The van der Waals surface area contributed by atoms with Crippen LogP contribution < -0.4 is 0 Å². The first-order valence-electron chi connectivity index (χ1n) is 10.6. The predicted octanol–water partition coefficient (Wildman–Crippen LogP) is 4.87. The Kier molecular flexibility index (Phi) is 10.1. The van der Waals surface area contributed by atoms with E-state index in [4.69, 9.17) is 8.92 Å². The number of hydrogen-bond donors (Lipinski definition) is 0. The lowest BCUT2D eigenvalue weighted by Crippen LogP contribution is -2.35. The molecule has 0 aliphatic carbocycles. The zero-order valence-electron chi connectivity index (χ0n) is 18.4. The molecule has 0 aromatic heterocycles. The quantitative estimate of drug-likeness (QED) is 0.274. The van der Waals surface area contributed by atoms with Gasteiger partial charge in [-0.05, 0) is 37.5 Å². The van der Waals surface area contributed by atoms with E-state index in [0.29, 0.717) is 6.61 Å². The first kappa shape index (κ1) is 24.2. The van der Waals surface area contributed by atoms with E-state index in [1.54, 1.807) is 6.92 Å². The second-order valence-electron chi connectivity index (χ2n) is 7.21. The molecule has 0 amide bonds. The molecule has 5 heteroatoms. The van der Waals surface area contributed by atoms with Crippen molar-refractivity contribution in [2.75, 3.05) is 24.7 Å². The first-order chi connectivity index (χ1) is 14.5. The molecule has 2 rings (SSSR count). The van der Waals surface area contributed by atoms with Crippen LogP contribution in [0.25, 0.3) is 11.1 Å². The normalized spacial score (nSPS) is 13.1. The molecule has 2 atom stereocenters. The summed E-state index contributed by atoms with van der Waals surface area (Å²) in [4.78, 5) is 25.6. The maximum absolute atomic E-state index is 13.1. The summed E-state index contributed by atoms with van der Waals surface area (Å²) >= 11 is -0.128. The lowest BCUT2D eigenvalue weighted by Gasteiger charge is -2.20. The molecule has 0 saturated carbocycles. The third-order valence-corrected chi connectivity index (χ3v) is 6.79. The molecule has 0 bridgehead atoms. The fraction of sp³-hybridized carbons (Fsp3) is 0.440. The fourth-order valence-corrected chi connectivity index (χ4v) is 4.49. The van der Waals surface area contributed by atoms with Crippen molar-refractivity contribution in [3.8, 4) is 11.1 Å². The van der Waals surface area contributed by atoms with Crippen LogP contribution >= 0.6 is 0 Å². The van der Waals surface area contributed by atoms with Crippen LogP contribution in [-0.4, -0.2) is 36.5 Å². The van der Waals surface area contributed by atoms with Crippen LogP contribution in [0.15, 0.2) is 54.6 Å². The number of rotatable bonds is 12. The van der Waals surface area contributed by atoms with Crippen LogP contribution in [0.1, 0.15) is 33.3 Å². The number of carbonyl (C=O) groups is 2. The smallest absolute Gasteiger partial charge is 0.316 e. The maximum atomic E-state index is 13.1. The Morgan fingerprint density at radius 2 is 1.50 bits per heavy atom. The maximum Gasteiger partial charge on any atom is 0.316 e. The van der Waals surface area contributed by atoms with Crippen molar-refractivity contribution in [2.45, 2.75) is 34.1 Å². The zero-order chi connectivity index (χ0) is 21.9. The molecule has 0 heterocycles. The van der Waals surface area contributed by atoms with Crippen molar-refractivity contribution in [3.05, 3.63) is 60.2 Å².